The van der Waals surface area contributed by atoms with Crippen LogP contribution in [-0.2, 0) is 0 Å². The van der Waals surface area contributed by atoms with Gasteiger partial charge in [0, 0.05) is 0 Å². The fraction of sp³-hybridized carbons (Fsp3) is 1.00. The minimum absolute atomic E-state index is 0. The summed E-state index contributed by atoms with van der Waals surface area (Å²) in [5.41, 5.74) is 0. The lowest BCUT2D eigenvalue weighted by atomic mass is 10.2. The molecule has 1 aliphatic carbocycles. The van der Waals surface area contributed by atoms with Gasteiger partial charge in [-0.3, -0.25) is 0 Å². The molecule has 282 valence electrons. The maximum absolute atomic E-state index is 2.25. The molecule has 1 saturated carbocycles. The maximum atomic E-state index is 2.25. The smallest absolute Gasteiger partial charge is 0.0533 e. The van der Waals surface area contributed by atoms with E-state index in [4.69, 9.17) is 0 Å². The van der Waals surface area contributed by atoms with Gasteiger partial charge in [0.15, 0.2) is 0 Å². The summed E-state index contributed by atoms with van der Waals surface area (Å²) < 4.78 is 0. The van der Waals surface area contributed by atoms with Crippen molar-refractivity contribution >= 4 is 0 Å². The van der Waals surface area contributed by atoms with Crippen LogP contribution in [0.1, 0.15) is 292 Å². The van der Waals surface area contributed by atoms with Crippen molar-refractivity contribution in [3.05, 3.63) is 0 Å². The summed E-state index contributed by atoms with van der Waals surface area (Å²) in [6, 6.07) is 0. The van der Waals surface area contributed by atoms with Gasteiger partial charge in [-0.1, -0.05) is 292 Å². The molecule has 0 radical (unpaired) electrons. The van der Waals surface area contributed by atoms with Gasteiger partial charge in [0.2, 0.25) is 0 Å². The molecular formula is C44H106. The summed E-state index contributed by atoms with van der Waals surface area (Å²) in [4.78, 5) is 0. The average molecular weight is 635 g/mol. The van der Waals surface area contributed by atoms with E-state index in [1.54, 1.807) is 0 Å². The molecule has 0 unspecified atom stereocenters. The molecule has 0 saturated heterocycles. The number of rotatable bonds is 18. The fourth-order valence-corrected chi connectivity index (χ4v) is 2.53. The molecule has 0 bridgehead atoms. The van der Waals surface area contributed by atoms with Crippen molar-refractivity contribution in [1.82, 2.24) is 0 Å². The second-order valence-electron chi connectivity index (χ2n) is 11.9. The molecule has 0 spiro atoms. The first-order valence-corrected chi connectivity index (χ1v) is 20.4. The Labute approximate surface area is 290 Å². The van der Waals surface area contributed by atoms with Gasteiger partial charge in [-0.25, -0.2) is 0 Å². The highest BCUT2D eigenvalue weighted by molar-refractivity contribution is 4.50. The van der Waals surface area contributed by atoms with E-state index in [0.717, 1.165) is 0 Å². The van der Waals surface area contributed by atoms with Gasteiger partial charge in [0.25, 0.3) is 0 Å². The second kappa shape index (κ2) is 96.8. The first-order valence-electron chi connectivity index (χ1n) is 20.4. The summed E-state index contributed by atoms with van der Waals surface area (Å²) >= 11 is 0. The predicted molar refractivity (Wildman–Crippen MR) is 222 cm³/mol. The van der Waals surface area contributed by atoms with Crippen LogP contribution in [0.15, 0.2) is 0 Å². The zero-order chi connectivity index (χ0) is 33.8. The molecule has 0 heterocycles. The first-order chi connectivity index (χ1) is 20.4. The molecule has 0 amide bonds. The largest absolute Gasteiger partial charge is 0.0776 e. The Morgan fingerprint density at radius 2 is 0.295 bits per heavy atom. The zero-order valence-corrected chi connectivity index (χ0v) is 33.8. The summed E-state index contributed by atoms with van der Waals surface area (Å²) in [5, 5.41) is 0. The van der Waals surface area contributed by atoms with E-state index in [2.05, 4.69) is 96.9 Å². The van der Waals surface area contributed by atoms with E-state index in [0.29, 0.717) is 0 Å². The van der Waals surface area contributed by atoms with Crippen LogP contribution in [0.4, 0.5) is 0 Å². The third kappa shape index (κ3) is 196. The van der Waals surface area contributed by atoms with Crippen molar-refractivity contribution in [1.29, 1.82) is 0 Å². The van der Waals surface area contributed by atoms with Crippen molar-refractivity contribution in [3.8, 4) is 0 Å². The van der Waals surface area contributed by atoms with Crippen LogP contribution < -0.4 is 0 Å². The highest BCUT2D eigenvalue weighted by Gasteiger charge is 1.95. The minimum Gasteiger partial charge on any atom is -0.0776 e. The molecule has 1 aliphatic rings. The average Bonchev–Trinajstić information content (AvgIpc) is 3.92. The Morgan fingerprint density at radius 3 is 0.364 bits per heavy atom. The van der Waals surface area contributed by atoms with Crippen LogP contribution in [0.2, 0.25) is 0 Å². The lowest BCUT2D eigenvalue weighted by Crippen LogP contribution is -1.70. The molecule has 0 aromatic rings. The third-order valence-electron chi connectivity index (χ3n) is 6.43. The van der Waals surface area contributed by atoms with Gasteiger partial charge >= 0.3 is 0 Å². The quantitative estimate of drug-likeness (QED) is 0.132. The monoisotopic (exact) mass is 635 g/mol. The van der Waals surface area contributed by atoms with E-state index < -0.39 is 0 Å². The first kappa shape index (κ1) is 66.4. The van der Waals surface area contributed by atoms with E-state index in [1.807, 2.05) is 0 Å². The summed E-state index contributed by atoms with van der Waals surface area (Å²) in [6.45, 7) is 31.0. The molecule has 0 nitrogen and oxygen atoms in total. The molecule has 0 heteroatoms. The fourth-order valence-electron chi connectivity index (χ4n) is 2.53. The van der Waals surface area contributed by atoms with Gasteiger partial charge in [0.1, 0.15) is 0 Å². The van der Waals surface area contributed by atoms with Crippen molar-refractivity contribution in [2.75, 3.05) is 0 Å². The van der Waals surface area contributed by atoms with Crippen LogP contribution in [0.3, 0.4) is 0 Å². The molecule has 0 aliphatic heterocycles. The molecule has 0 N–H and O–H groups in total. The highest BCUT2D eigenvalue weighted by atomic mass is 14.0. The van der Waals surface area contributed by atoms with E-state index in [9.17, 15) is 0 Å². The Hall–Kier alpha value is 0. The standard InChI is InChI=1S/3C7H16.C6H14.3C4H10.C3H6.2CH4/c3*1-3-5-7-6-4-2;1-3-5-6-4-2;3*1-3-4-2;1-2-3-1;;/h3*3-7H2,1-2H3;3-6H2,1-2H3;3*3-4H2,1-2H3;1-3H2;2*1H4. The van der Waals surface area contributed by atoms with E-state index in [1.165, 1.54) is 180 Å². The normalized spacial score (nSPS) is 9.41. The number of unbranched alkanes of at least 4 members (excludes halogenated alkanes) is 18. The summed E-state index contributed by atoms with van der Waals surface area (Å²) in [7, 11) is 0. The Kier molecular flexibility index (Phi) is 146. The molecule has 1 rings (SSSR count). The summed E-state index contributed by atoms with van der Waals surface area (Å²) in [5.74, 6) is 0. The Balaban J connectivity index is -0.0000000458. The van der Waals surface area contributed by atoms with Crippen LogP contribution >= 0.6 is 0 Å². The Morgan fingerprint density at radius 1 is 0.182 bits per heavy atom. The maximum Gasteiger partial charge on any atom is -0.0533 e. The molecular weight excluding hydrogens is 528 g/mol. The molecule has 0 atom stereocenters. The van der Waals surface area contributed by atoms with Crippen molar-refractivity contribution in [3.63, 3.8) is 0 Å². The van der Waals surface area contributed by atoms with Crippen molar-refractivity contribution < 1.29 is 0 Å². The number of hydrogen-bond acceptors (Lipinski definition) is 0. The predicted octanol–water partition coefficient (Wildman–Crippen LogP) is 19.4. The molecule has 1 fully saturated rings. The van der Waals surface area contributed by atoms with Gasteiger partial charge in [0.05, 0.1) is 0 Å². The van der Waals surface area contributed by atoms with Crippen LogP contribution in [0.5, 0.6) is 0 Å². The lowest BCUT2D eigenvalue weighted by molar-refractivity contribution is 0.656. The Bertz CT molecular complexity index is 209. The highest BCUT2D eigenvalue weighted by Crippen LogP contribution is 2.14. The topological polar surface area (TPSA) is 0 Å². The second-order valence-corrected chi connectivity index (χ2v) is 11.9. The van der Waals surface area contributed by atoms with E-state index >= 15 is 0 Å². The van der Waals surface area contributed by atoms with Crippen LogP contribution in [0.25, 0.3) is 0 Å². The molecule has 0 aromatic carbocycles. The van der Waals surface area contributed by atoms with Crippen molar-refractivity contribution in [2.45, 2.75) is 292 Å². The van der Waals surface area contributed by atoms with Crippen LogP contribution in [0, 0.1) is 0 Å². The van der Waals surface area contributed by atoms with Crippen LogP contribution in [-0.4, -0.2) is 0 Å². The SMILES string of the molecule is C.C.C1CC1.CCCC.CCCC.CCCC.CCCCCC.CCCCCCC.CCCCCCC.CCCCCCC. The molecule has 44 heavy (non-hydrogen) atoms. The number of hydrogen-bond donors (Lipinski definition) is 0. The van der Waals surface area contributed by atoms with E-state index in [-0.39, 0.29) is 14.9 Å². The third-order valence-corrected chi connectivity index (χ3v) is 6.43. The van der Waals surface area contributed by atoms with Gasteiger partial charge in [-0.2, -0.15) is 0 Å². The summed E-state index contributed by atoms with van der Waals surface area (Å²) in [6.07, 6.45) is 39.0. The zero-order valence-electron chi connectivity index (χ0n) is 33.8. The van der Waals surface area contributed by atoms with Crippen molar-refractivity contribution in [2.24, 2.45) is 0 Å². The lowest BCUT2D eigenvalue weighted by Gasteiger charge is -1.90. The minimum atomic E-state index is 0. The van der Waals surface area contributed by atoms with Gasteiger partial charge in [-0.05, 0) is 0 Å². The van der Waals surface area contributed by atoms with Gasteiger partial charge < -0.3 is 0 Å². The van der Waals surface area contributed by atoms with Gasteiger partial charge in [-0.15, -0.1) is 0 Å². The molecule has 0 aromatic heterocycles.